The summed E-state index contributed by atoms with van der Waals surface area (Å²) in [5.74, 6) is 0.946. The molecule has 5 nitrogen and oxygen atoms in total. The van der Waals surface area contributed by atoms with E-state index in [0.29, 0.717) is 6.54 Å². The van der Waals surface area contributed by atoms with Gasteiger partial charge < -0.3 is 14.4 Å². The standard InChI is InChI=1S/C16H22N2O3/c1-20-13-8-4-3-6-11(13)16-17-10-15(19)18(16)12-7-5-9-14(12)21-2/h3-4,6,8,12,14,16-17H,5,7,9-10H2,1-2H3. The van der Waals surface area contributed by atoms with Crippen molar-refractivity contribution in [3.8, 4) is 5.75 Å². The molecule has 1 aromatic rings. The van der Waals surface area contributed by atoms with E-state index in [1.54, 1.807) is 14.2 Å². The third-order valence-corrected chi connectivity index (χ3v) is 4.52. The first-order valence-corrected chi connectivity index (χ1v) is 7.46. The summed E-state index contributed by atoms with van der Waals surface area (Å²) in [5.41, 5.74) is 1.01. The van der Waals surface area contributed by atoms with E-state index >= 15 is 0 Å². The number of methoxy groups -OCH3 is 2. The lowest BCUT2D eigenvalue weighted by molar-refractivity contribution is -0.132. The van der Waals surface area contributed by atoms with Gasteiger partial charge >= 0.3 is 0 Å². The average molecular weight is 290 g/mol. The van der Waals surface area contributed by atoms with Gasteiger partial charge in [-0.3, -0.25) is 10.1 Å². The molecule has 1 amide bonds. The van der Waals surface area contributed by atoms with Gasteiger partial charge in [0.1, 0.15) is 11.9 Å². The molecule has 3 rings (SSSR count). The first-order valence-electron chi connectivity index (χ1n) is 7.46. The van der Waals surface area contributed by atoms with Crippen LogP contribution in [0.5, 0.6) is 5.75 Å². The molecule has 3 unspecified atom stereocenters. The van der Waals surface area contributed by atoms with E-state index in [4.69, 9.17) is 9.47 Å². The highest BCUT2D eigenvalue weighted by molar-refractivity contribution is 5.81. The van der Waals surface area contributed by atoms with Crippen LogP contribution in [-0.4, -0.2) is 43.7 Å². The second-order valence-electron chi connectivity index (χ2n) is 5.60. The van der Waals surface area contributed by atoms with E-state index in [0.717, 1.165) is 30.6 Å². The summed E-state index contributed by atoms with van der Waals surface area (Å²) in [4.78, 5) is 14.3. The minimum atomic E-state index is -0.130. The van der Waals surface area contributed by atoms with Crippen molar-refractivity contribution in [2.45, 2.75) is 37.6 Å². The molecule has 2 aliphatic rings. The van der Waals surface area contributed by atoms with Crippen LogP contribution in [0.15, 0.2) is 24.3 Å². The summed E-state index contributed by atoms with van der Waals surface area (Å²) in [7, 11) is 3.39. The predicted octanol–water partition coefficient (Wildman–Crippen LogP) is 1.69. The van der Waals surface area contributed by atoms with Gasteiger partial charge in [0.25, 0.3) is 0 Å². The second-order valence-corrected chi connectivity index (χ2v) is 5.60. The van der Waals surface area contributed by atoms with Crippen molar-refractivity contribution >= 4 is 5.91 Å². The zero-order valence-electron chi connectivity index (χ0n) is 12.5. The molecule has 2 fully saturated rings. The van der Waals surface area contributed by atoms with Crippen LogP contribution in [0.3, 0.4) is 0 Å². The fraction of sp³-hybridized carbons (Fsp3) is 0.562. The first-order chi connectivity index (χ1) is 10.3. The van der Waals surface area contributed by atoms with Crippen LogP contribution in [-0.2, 0) is 9.53 Å². The zero-order valence-corrected chi connectivity index (χ0v) is 12.5. The van der Waals surface area contributed by atoms with Gasteiger partial charge in [-0.05, 0) is 25.3 Å². The number of nitrogens with one attached hydrogen (secondary N) is 1. The van der Waals surface area contributed by atoms with Crippen molar-refractivity contribution in [3.63, 3.8) is 0 Å². The molecule has 0 radical (unpaired) electrons. The smallest absolute Gasteiger partial charge is 0.238 e. The lowest BCUT2D eigenvalue weighted by atomic mass is 10.1. The summed E-state index contributed by atoms with van der Waals surface area (Å²) in [6.07, 6.45) is 3.12. The zero-order chi connectivity index (χ0) is 14.8. The average Bonchev–Trinajstić information content (AvgIpc) is 3.12. The van der Waals surface area contributed by atoms with Gasteiger partial charge in [-0.2, -0.15) is 0 Å². The van der Waals surface area contributed by atoms with Gasteiger partial charge in [-0.1, -0.05) is 18.2 Å². The Morgan fingerprint density at radius 1 is 1.24 bits per heavy atom. The minimum Gasteiger partial charge on any atom is -0.496 e. The molecule has 1 saturated heterocycles. The van der Waals surface area contributed by atoms with E-state index in [2.05, 4.69) is 5.32 Å². The molecule has 0 spiro atoms. The van der Waals surface area contributed by atoms with Gasteiger partial charge in [0.2, 0.25) is 5.91 Å². The highest BCUT2D eigenvalue weighted by Crippen LogP contribution is 2.36. The Morgan fingerprint density at radius 3 is 2.81 bits per heavy atom. The number of ether oxygens (including phenoxy) is 2. The molecule has 3 atom stereocenters. The van der Waals surface area contributed by atoms with Gasteiger partial charge in [0, 0.05) is 12.7 Å². The SMILES string of the molecule is COc1ccccc1C1NCC(=O)N1C1CCCC1OC. The molecular formula is C16H22N2O3. The molecule has 5 heteroatoms. The van der Waals surface area contributed by atoms with E-state index in [-0.39, 0.29) is 24.2 Å². The number of carbonyl (C=O) groups excluding carboxylic acids is 1. The van der Waals surface area contributed by atoms with Crippen molar-refractivity contribution in [1.82, 2.24) is 10.2 Å². The Balaban J connectivity index is 1.92. The highest BCUT2D eigenvalue weighted by Gasteiger charge is 2.43. The minimum absolute atomic E-state index is 0.130. The maximum Gasteiger partial charge on any atom is 0.238 e. The Kier molecular flexibility index (Phi) is 4.12. The molecule has 0 bridgehead atoms. The Bertz CT molecular complexity index is 520. The quantitative estimate of drug-likeness (QED) is 0.917. The van der Waals surface area contributed by atoms with Crippen LogP contribution in [0.2, 0.25) is 0 Å². The number of amides is 1. The predicted molar refractivity (Wildman–Crippen MR) is 79.0 cm³/mol. The summed E-state index contributed by atoms with van der Waals surface area (Å²) in [5, 5.41) is 3.31. The number of para-hydroxylation sites is 1. The number of nitrogens with zero attached hydrogens (tertiary/aromatic N) is 1. The van der Waals surface area contributed by atoms with Crippen molar-refractivity contribution in [2.24, 2.45) is 0 Å². The van der Waals surface area contributed by atoms with E-state index in [1.807, 2.05) is 29.2 Å². The molecule has 21 heavy (non-hydrogen) atoms. The van der Waals surface area contributed by atoms with E-state index < -0.39 is 0 Å². The highest BCUT2D eigenvalue weighted by atomic mass is 16.5. The van der Waals surface area contributed by atoms with Crippen molar-refractivity contribution in [3.05, 3.63) is 29.8 Å². The van der Waals surface area contributed by atoms with Crippen molar-refractivity contribution < 1.29 is 14.3 Å². The first kappa shape index (κ1) is 14.4. The molecule has 1 saturated carbocycles. The largest absolute Gasteiger partial charge is 0.496 e. The molecule has 1 aromatic carbocycles. The normalized spacial score (nSPS) is 29.1. The maximum atomic E-state index is 12.4. The van der Waals surface area contributed by atoms with Gasteiger partial charge in [-0.15, -0.1) is 0 Å². The third-order valence-electron chi connectivity index (χ3n) is 4.52. The maximum absolute atomic E-state index is 12.4. The summed E-state index contributed by atoms with van der Waals surface area (Å²) >= 11 is 0. The van der Waals surface area contributed by atoms with Crippen LogP contribution >= 0.6 is 0 Å². The van der Waals surface area contributed by atoms with Gasteiger partial charge in [0.05, 0.1) is 25.8 Å². The number of hydrogen-bond acceptors (Lipinski definition) is 4. The summed E-state index contributed by atoms with van der Waals surface area (Å²) < 4.78 is 11.0. The van der Waals surface area contributed by atoms with Crippen LogP contribution < -0.4 is 10.1 Å². The number of carbonyl (C=O) groups is 1. The van der Waals surface area contributed by atoms with Crippen LogP contribution in [0.25, 0.3) is 0 Å². The number of benzene rings is 1. The summed E-state index contributed by atoms with van der Waals surface area (Å²) in [6, 6.07) is 8.01. The lowest BCUT2D eigenvalue weighted by Crippen LogP contribution is -2.44. The molecular weight excluding hydrogens is 268 g/mol. The molecule has 1 aliphatic carbocycles. The number of rotatable bonds is 4. The Hall–Kier alpha value is -1.59. The monoisotopic (exact) mass is 290 g/mol. The molecule has 1 N–H and O–H groups in total. The van der Waals surface area contributed by atoms with E-state index in [9.17, 15) is 4.79 Å². The molecule has 1 aliphatic heterocycles. The third kappa shape index (κ3) is 2.51. The summed E-state index contributed by atoms with van der Waals surface area (Å²) in [6.45, 7) is 0.371. The van der Waals surface area contributed by atoms with Crippen LogP contribution in [0.4, 0.5) is 0 Å². The Labute approximate surface area is 125 Å². The topological polar surface area (TPSA) is 50.8 Å². The van der Waals surface area contributed by atoms with Crippen LogP contribution in [0.1, 0.15) is 31.0 Å². The fourth-order valence-electron chi connectivity index (χ4n) is 3.55. The molecule has 1 heterocycles. The van der Waals surface area contributed by atoms with Crippen LogP contribution in [0, 0.1) is 0 Å². The van der Waals surface area contributed by atoms with Crippen molar-refractivity contribution in [2.75, 3.05) is 20.8 Å². The van der Waals surface area contributed by atoms with Gasteiger partial charge in [-0.25, -0.2) is 0 Å². The lowest BCUT2D eigenvalue weighted by Gasteiger charge is -2.34. The van der Waals surface area contributed by atoms with Gasteiger partial charge in [0.15, 0.2) is 0 Å². The van der Waals surface area contributed by atoms with E-state index in [1.165, 1.54) is 0 Å². The molecule has 0 aromatic heterocycles. The van der Waals surface area contributed by atoms with Crippen molar-refractivity contribution in [1.29, 1.82) is 0 Å². The second kappa shape index (κ2) is 6.03. The Morgan fingerprint density at radius 2 is 2.05 bits per heavy atom. The number of hydrogen-bond donors (Lipinski definition) is 1. The fourth-order valence-corrected chi connectivity index (χ4v) is 3.55. The molecule has 114 valence electrons.